The van der Waals surface area contributed by atoms with Crippen molar-refractivity contribution in [2.75, 3.05) is 6.61 Å². The predicted molar refractivity (Wildman–Crippen MR) is 95.4 cm³/mol. The van der Waals surface area contributed by atoms with E-state index in [4.69, 9.17) is 4.74 Å². The van der Waals surface area contributed by atoms with E-state index in [0.29, 0.717) is 6.61 Å². The molecule has 0 aliphatic heterocycles. The first-order chi connectivity index (χ1) is 10.9. The zero-order valence-electron chi connectivity index (χ0n) is 14.1. The van der Waals surface area contributed by atoms with E-state index in [1.165, 1.54) is 35.0 Å². The summed E-state index contributed by atoms with van der Waals surface area (Å²) in [5, 5.41) is 2.09. The highest BCUT2D eigenvalue weighted by Crippen LogP contribution is 2.43. The van der Waals surface area contributed by atoms with Crippen molar-refractivity contribution in [3.63, 3.8) is 0 Å². The van der Waals surface area contributed by atoms with Gasteiger partial charge in [-0.2, -0.15) is 0 Å². The first-order valence-electron chi connectivity index (χ1n) is 8.07. The van der Waals surface area contributed by atoms with Crippen molar-refractivity contribution in [1.29, 1.82) is 0 Å². The molecule has 0 radical (unpaired) electrons. The van der Waals surface area contributed by atoms with Gasteiger partial charge in [-0.25, -0.2) is 9.97 Å². The molecule has 0 bridgehead atoms. The number of fused-ring (bicyclic) bond motifs is 3. The van der Waals surface area contributed by atoms with E-state index in [0.717, 1.165) is 33.9 Å². The van der Waals surface area contributed by atoms with E-state index in [1.807, 2.05) is 27.7 Å². The van der Waals surface area contributed by atoms with Gasteiger partial charge in [-0.1, -0.05) is 11.8 Å². The quantitative estimate of drug-likeness (QED) is 0.467. The predicted octanol–water partition coefficient (Wildman–Crippen LogP) is 4.31. The molecule has 0 aromatic carbocycles. The fourth-order valence-electron chi connectivity index (χ4n) is 2.89. The number of aryl methyl sites for hydroxylation is 3. The smallest absolute Gasteiger partial charge is 0.322 e. The van der Waals surface area contributed by atoms with Crippen molar-refractivity contribution in [2.45, 2.75) is 63.2 Å². The van der Waals surface area contributed by atoms with Crippen molar-refractivity contribution in [3.05, 3.63) is 16.3 Å². The summed E-state index contributed by atoms with van der Waals surface area (Å²) in [5.41, 5.74) is 1.40. The lowest BCUT2D eigenvalue weighted by atomic mass is 9.97. The third-order valence-electron chi connectivity index (χ3n) is 4.01. The molecule has 0 spiro atoms. The largest absolute Gasteiger partial charge is 0.465 e. The second-order valence-corrected chi connectivity index (χ2v) is 8.99. The van der Waals surface area contributed by atoms with Gasteiger partial charge in [-0.15, -0.1) is 11.3 Å². The van der Waals surface area contributed by atoms with Gasteiger partial charge in [0.25, 0.3) is 0 Å². The molecule has 2 aromatic heterocycles. The van der Waals surface area contributed by atoms with Crippen LogP contribution in [0.4, 0.5) is 0 Å². The van der Waals surface area contributed by atoms with Crippen LogP contribution in [-0.2, 0) is 22.4 Å². The highest BCUT2D eigenvalue weighted by molar-refractivity contribution is 8.01. The number of hydrogen-bond acceptors (Lipinski definition) is 6. The summed E-state index contributed by atoms with van der Waals surface area (Å²) in [4.78, 5) is 24.0. The van der Waals surface area contributed by atoms with Crippen LogP contribution in [0.2, 0.25) is 0 Å². The molecule has 2 heterocycles. The van der Waals surface area contributed by atoms with E-state index >= 15 is 0 Å². The summed E-state index contributed by atoms with van der Waals surface area (Å²) >= 11 is 3.29. The van der Waals surface area contributed by atoms with Crippen LogP contribution in [0.1, 0.15) is 49.9 Å². The standard InChI is InChI=1S/C17H22N2O2S2/c1-5-21-16(20)17(3,4)23-15-13-11-8-6-7-9-12(11)22-14(13)18-10(2)19-15/h5-9H2,1-4H3. The monoisotopic (exact) mass is 350 g/mol. The third-order valence-corrected chi connectivity index (χ3v) is 6.36. The molecule has 0 amide bonds. The summed E-state index contributed by atoms with van der Waals surface area (Å²) in [5.74, 6) is 0.566. The Morgan fingerprint density at radius 1 is 1.30 bits per heavy atom. The molecule has 4 nitrogen and oxygen atoms in total. The summed E-state index contributed by atoms with van der Waals surface area (Å²) in [6, 6.07) is 0. The van der Waals surface area contributed by atoms with E-state index in [-0.39, 0.29) is 5.97 Å². The number of aromatic nitrogens is 2. The molecule has 23 heavy (non-hydrogen) atoms. The second-order valence-electron chi connectivity index (χ2n) is 6.30. The molecule has 6 heteroatoms. The highest BCUT2D eigenvalue weighted by atomic mass is 32.2. The maximum Gasteiger partial charge on any atom is 0.322 e. The number of rotatable bonds is 4. The van der Waals surface area contributed by atoms with Gasteiger partial charge >= 0.3 is 5.97 Å². The van der Waals surface area contributed by atoms with Gasteiger partial charge in [0.2, 0.25) is 0 Å². The molecule has 0 unspecified atom stereocenters. The average molecular weight is 351 g/mol. The van der Waals surface area contributed by atoms with Crippen molar-refractivity contribution in [2.24, 2.45) is 0 Å². The van der Waals surface area contributed by atoms with Crippen molar-refractivity contribution in [1.82, 2.24) is 9.97 Å². The van der Waals surface area contributed by atoms with Crippen LogP contribution in [0, 0.1) is 6.92 Å². The third kappa shape index (κ3) is 3.24. The van der Waals surface area contributed by atoms with E-state index in [9.17, 15) is 4.79 Å². The van der Waals surface area contributed by atoms with Crippen LogP contribution < -0.4 is 0 Å². The maximum absolute atomic E-state index is 12.2. The van der Waals surface area contributed by atoms with Crippen molar-refractivity contribution >= 4 is 39.3 Å². The SMILES string of the molecule is CCOC(=O)C(C)(C)Sc1nc(C)nc2sc3c(c12)CCCC3. The molecule has 3 rings (SSSR count). The van der Waals surface area contributed by atoms with E-state index in [1.54, 1.807) is 11.3 Å². The Balaban J connectivity index is 2.06. The molecule has 0 saturated carbocycles. The second kappa shape index (κ2) is 6.40. The zero-order valence-corrected chi connectivity index (χ0v) is 15.7. The number of esters is 1. The molecule has 0 fully saturated rings. The molecule has 2 aromatic rings. The molecule has 1 aliphatic rings. The van der Waals surface area contributed by atoms with Gasteiger partial charge in [0, 0.05) is 10.3 Å². The molecule has 1 aliphatic carbocycles. The van der Waals surface area contributed by atoms with Gasteiger partial charge < -0.3 is 4.74 Å². The molecule has 0 saturated heterocycles. The normalized spacial score (nSPS) is 14.8. The zero-order chi connectivity index (χ0) is 16.6. The topological polar surface area (TPSA) is 52.1 Å². The Bertz CT molecular complexity index is 753. The van der Waals surface area contributed by atoms with Crippen LogP contribution >= 0.6 is 23.1 Å². The van der Waals surface area contributed by atoms with Crippen LogP contribution in [0.15, 0.2) is 5.03 Å². The molecular formula is C17H22N2O2S2. The highest BCUT2D eigenvalue weighted by Gasteiger charge is 2.33. The van der Waals surface area contributed by atoms with Gasteiger partial charge in [0.05, 0.1) is 6.61 Å². The van der Waals surface area contributed by atoms with Crippen LogP contribution in [0.3, 0.4) is 0 Å². The first-order valence-corrected chi connectivity index (χ1v) is 9.71. The Labute approximate surface area is 145 Å². The van der Waals surface area contributed by atoms with Gasteiger partial charge in [0.1, 0.15) is 20.4 Å². The summed E-state index contributed by atoms with van der Waals surface area (Å²) in [6.45, 7) is 7.95. The van der Waals surface area contributed by atoms with Crippen LogP contribution in [0.5, 0.6) is 0 Å². The number of carbonyl (C=O) groups excluding carboxylic acids is 1. The number of hydrogen-bond donors (Lipinski definition) is 0. The summed E-state index contributed by atoms with van der Waals surface area (Å²) < 4.78 is 4.56. The summed E-state index contributed by atoms with van der Waals surface area (Å²) in [6.07, 6.45) is 4.71. The molecular weight excluding hydrogens is 328 g/mol. The van der Waals surface area contributed by atoms with Gasteiger partial charge in [-0.3, -0.25) is 4.79 Å². The fraction of sp³-hybridized carbons (Fsp3) is 0.588. The van der Waals surface area contributed by atoms with Crippen LogP contribution in [-0.4, -0.2) is 27.3 Å². The number of nitrogens with zero attached hydrogens (tertiary/aromatic N) is 2. The molecule has 0 atom stereocenters. The number of ether oxygens (including phenoxy) is 1. The fourth-order valence-corrected chi connectivity index (χ4v) is 5.38. The Morgan fingerprint density at radius 2 is 2.04 bits per heavy atom. The first kappa shape index (κ1) is 16.7. The van der Waals surface area contributed by atoms with Gasteiger partial charge in [0.15, 0.2) is 0 Å². The maximum atomic E-state index is 12.2. The lowest BCUT2D eigenvalue weighted by Gasteiger charge is -2.22. The minimum Gasteiger partial charge on any atom is -0.465 e. The minimum atomic E-state index is -0.660. The number of thioether (sulfide) groups is 1. The molecule has 124 valence electrons. The van der Waals surface area contributed by atoms with E-state index < -0.39 is 4.75 Å². The molecule has 0 N–H and O–H groups in total. The number of thiophene rings is 1. The average Bonchev–Trinajstić information content (AvgIpc) is 2.85. The van der Waals surface area contributed by atoms with Gasteiger partial charge in [-0.05, 0) is 58.9 Å². The Hall–Kier alpha value is -1.14. The Morgan fingerprint density at radius 3 is 2.78 bits per heavy atom. The van der Waals surface area contributed by atoms with Crippen molar-refractivity contribution in [3.8, 4) is 0 Å². The van der Waals surface area contributed by atoms with Crippen LogP contribution in [0.25, 0.3) is 10.2 Å². The van der Waals surface area contributed by atoms with E-state index in [2.05, 4.69) is 9.97 Å². The lowest BCUT2D eigenvalue weighted by Crippen LogP contribution is -2.30. The minimum absolute atomic E-state index is 0.196. The number of carbonyl (C=O) groups is 1. The summed E-state index contributed by atoms with van der Waals surface area (Å²) in [7, 11) is 0. The Kier molecular flexibility index (Phi) is 4.65. The lowest BCUT2D eigenvalue weighted by molar-refractivity contribution is -0.145. The van der Waals surface area contributed by atoms with Crippen molar-refractivity contribution < 1.29 is 9.53 Å².